The number of hydrogen-bond acceptors (Lipinski definition) is 10. The molecule has 13 nitrogen and oxygen atoms in total. The molecule has 1 saturated heterocycles. The summed E-state index contributed by atoms with van der Waals surface area (Å²) in [5.41, 5.74) is 6.51. The summed E-state index contributed by atoms with van der Waals surface area (Å²) in [5, 5.41) is 10.1. The average molecular weight is 427 g/mol. The molecule has 6 N–H and O–H groups in total. The lowest BCUT2D eigenvalue weighted by atomic mass is 10.2. The van der Waals surface area contributed by atoms with Crippen molar-refractivity contribution >= 4 is 43.3 Å². The Morgan fingerprint density at radius 2 is 2.12 bits per heavy atom. The Bertz CT molecular complexity index is 905. The van der Waals surface area contributed by atoms with Gasteiger partial charge >= 0.3 is 14.5 Å². The molecular formula is C10H15N5O8P2S. The summed E-state index contributed by atoms with van der Waals surface area (Å²) < 4.78 is 26.8. The van der Waals surface area contributed by atoms with Crippen molar-refractivity contribution in [3.63, 3.8) is 0 Å². The Balaban J connectivity index is 1.69. The van der Waals surface area contributed by atoms with E-state index in [-0.39, 0.29) is 12.2 Å². The van der Waals surface area contributed by atoms with Gasteiger partial charge in [-0.3, -0.25) is 4.57 Å². The number of anilines is 1. The normalized spacial score (nSPS) is 26.2. The van der Waals surface area contributed by atoms with E-state index in [9.17, 15) is 14.6 Å². The van der Waals surface area contributed by atoms with Crippen molar-refractivity contribution in [2.75, 3.05) is 12.3 Å². The van der Waals surface area contributed by atoms with E-state index in [1.807, 2.05) is 0 Å². The minimum atomic E-state index is -5.02. The molecule has 0 bridgehead atoms. The van der Waals surface area contributed by atoms with Gasteiger partial charge in [0.15, 0.2) is 11.5 Å². The maximum Gasteiger partial charge on any atom is 0.476 e. The van der Waals surface area contributed by atoms with Crippen LogP contribution < -0.4 is 5.73 Å². The molecule has 0 aliphatic carbocycles. The summed E-state index contributed by atoms with van der Waals surface area (Å²) in [7, 11) is -5.02. The zero-order chi connectivity index (χ0) is 19.1. The standard InChI is InChI=1S/C10H15N5O8P2S/c11-9-8-10(13-3-12-9)15(4-14-8)7-1-5(16)6(22-7)2-21-25(20,26)23-24(17,18)19/h3-7,16H,1-2H2,(H,20,26)(H2,11,12,13)(H2,17,18,19). The molecule has 144 valence electrons. The highest BCUT2D eigenvalue weighted by molar-refractivity contribution is 8.08. The van der Waals surface area contributed by atoms with Crippen LogP contribution in [0.15, 0.2) is 12.7 Å². The van der Waals surface area contributed by atoms with Crippen LogP contribution in [-0.2, 0) is 29.9 Å². The van der Waals surface area contributed by atoms with Gasteiger partial charge in [-0.05, 0) is 11.8 Å². The molecular weight excluding hydrogens is 412 g/mol. The Morgan fingerprint density at radius 1 is 1.38 bits per heavy atom. The number of rotatable bonds is 6. The van der Waals surface area contributed by atoms with E-state index >= 15 is 0 Å². The van der Waals surface area contributed by atoms with Crippen molar-refractivity contribution in [3.8, 4) is 0 Å². The largest absolute Gasteiger partial charge is 0.476 e. The maximum absolute atomic E-state index is 10.7. The summed E-state index contributed by atoms with van der Waals surface area (Å²) >= 11 is 4.50. The fraction of sp³-hybridized carbons (Fsp3) is 0.500. The van der Waals surface area contributed by atoms with E-state index in [0.717, 1.165) is 0 Å². The highest BCUT2D eigenvalue weighted by Crippen LogP contribution is 2.58. The molecule has 3 rings (SSSR count). The van der Waals surface area contributed by atoms with Gasteiger partial charge in [0.05, 0.1) is 19.0 Å². The molecule has 0 saturated carbocycles. The Labute approximate surface area is 151 Å². The molecule has 16 heteroatoms. The van der Waals surface area contributed by atoms with Crippen molar-refractivity contribution in [2.45, 2.75) is 24.9 Å². The van der Waals surface area contributed by atoms with E-state index in [1.165, 1.54) is 12.7 Å². The van der Waals surface area contributed by atoms with Crippen LogP contribution in [0.4, 0.5) is 5.82 Å². The molecule has 4 atom stereocenters. The number of imidazole rings is 1. The number of phosphoric acid groups is 1. The molecule has 4 unspecified atom stereocenters. The van der Waals surface area contributed by atoms with Gasteiger partial charge in [0.2, 0.25) is 0 Å². The van der Waals surface area contributed by atoms with E-state index in [1.54, 1.807) is 4.57 Å². The summed E-state index contributed by atoms with van der Waals surface area (Å²) in [6.07, 6.45) is 0.273. The average Bonchev–Trinajstić information content (AvgIpc) is 3.07. The highest BCUT2D eigenvalue weighted by Gasteiger charge is 2.38. The van der Waals surface area contributed by atoms with Crippen LogP contribution in [0.25, 0.3) is 11.2 Å². The van der Waals surface area contributed by atoms with Crippen molar-refractivity contribution in [1.29, 1.82) is 0 Å². The van der Waals surface area contributed by atoms with Crippen LogP contribution in [0.2, 0.25) is 0 Å². The van der Waals surface area contributed by atoms with Gasteiger partial charge in [-0.25, -0.2) is 23.8 Å². The van der Waals surface area contributed by atoms with Crippen LogP contribution in [0, 0.1) is 0 Å². The maximum atomic E-state index is 10.7. The number of aliphatic hydroxyl groups is 1. The fourth-order valence-corrected chi connectivity index (χ4v) is 5.01. The smallest absolute Gasteiger partial charge is 0.390 e. The van der Waals surface area contributed by atoms with Crippen molar-refractivity contribution in [3.05, 3.63) is 12.7 Å². The first-order valence-corrected chi connectivity index (χ1v) is 11.2. The molecule has 2 aromatic heterocycles. The van der Waals surface area contributed by atoms with Crippen LogP contribution >= 0.6 is 14.5 Å². The second-order valence-corrected chi connectivity index (χ2v) is 9.57. The first-order chi connectivity index (χ1) is 12.1. The minimum absolute atomic E-state index is 0.150. The highest BCUT2D eigenvalue weighted by atomic mass is 32.5. The number of nitrogens with two attached hydrogens (primary N) is 1. The lowest BCUT2D eigenvalue weighted by Gasteiger charge is -2.20. The molecule has 1 fully saturated rings. The summed E-state index contributed by atoms with van der Waals surface area (Å²) in [6, 6.07) is 0. The first-order valence-electron chi connectivity index (χ1n) is 7.06. The molecule has 0 spiro atoms. The fourth-order valence-electron chi connectivity index (χ4n) is 2.44. The SMILES string of the molecule is Nc1ncnc2c1ncn2C1CC(O)C(COP(O)(=S)OP(=O)(O)O)O1. The van der Waals surface area contributed by atoms with Gasteiger partial charge < -0.3 is 34.8 Å². The number of nitrogen functional groups attached to an aromatic ring is 1. The third kappa shape index (κ3) is 4.43. The van der Waals surface area contributed by atoms with Gasteiger partial charge in [0.1, 0.15) is 24.2 Å². The molecule has 3 heterocycles. The van der Waals surface area contributed by atoms with Gasteiger partial charge in [-0.2, -0.15) is 0 Å². The molecule has 1 aliphatic rings. The number of hydrogen-bond donors (Lipinski definition) is 5. The molecule has 26 heavy (non-hydrogen) atoms. The zero-order valence-corrected chi connectivity index (χ0v) is 15.5. The molecule has 0 radical (unpaired) electrons. The van der Waals surface area contributed by atoms with Crippen molar-refractivity contribution in [2.24, 2.45) is 0 Å². The molecule has 1 aliphatic heterocycles. The second-order valence-electron chi connectivity index (χ2n) is 5.35. The molecule has 2 aromatic rings. The zero-order valence-electron chi connectivity index (χ0n) is 12.9. The number of fused-ring (bicyclic) bond motifs is 1. The van der Waals surface area contributed by atoms with Crippen molar-refractivity contribution in [1.82, 2.24) is 19.5 Å². The molecule has 0 aromatic carbocycles. The predicted octanol–water partition coefficient (Wildman–Crippen LogP) is -0.600. The Morgan fingerprint density at radius 3 is 2.81 bits per heavy atom. The third-order valence-electron chi connectivity index (χ3n) is 3.51. The second kappa shape index (κ2) is 7.17. The van der Waals surface area contributed by atoms with E-state index < -0.39 is 39.6 Å². The minimum Gasteiger partial charge on any atom is -0.390 e. The van der Waals surface area contributed by atoms with Gasteiger partial charge in [-0.15, -0.1) is 0 Å². The van der Waals surface area contributed by atoms with E-state index in [2.05, 4.69) is 31.1 Å². The monoisotopic (exact) mass is 427 g/mol. The lowest BCUT2D eigenvalue weighted by Crippen LogP contribution is -2.26. The number of aliphatic hydroxyl groups excluding tert-OH is 1. The predicted molar refractivity (Wildman–Crippen MR) is 89.9 cm³/mol. The van der Waals surface area contributed by atoms with Crippen LogP contribution in [0.1, 0.15) is 12.6 Å². The Kier molecular flexibility index (Phi) is 5.43. The molecule has 0 amide bonds. The van der Waals surface area contributed by atoms with Crippen LogP contribution in [0.5, 0.6) is 0 Å². The summed E-state index contributed by atoms with van der Waals surface area (Å²) in [5.74, 6) is 0.197. The number of aromatic nitrogens is 4. The third-order valence-corrected chi connectivity index (χ3v) is 6.58. The van der Waals surface area contributed by atoms with Gasteiger partial charge in [-0.1, -0.05) is 0 Å². The van der Waals surface area contributed by atoms with Gasteiger partial charge in [0, 0.05) is 6.42 Å². The topological polar surface area (TPSA) is 195 Å². The van der Waals surface area contributed by atoms with Crippen LogP contribution in [-0.4, -0.2) is 58.1 Å². The lowest BCUT2D eigenvalue weighted by molar-refractivity contribution is -0.0399. The van der Waals surface area contributed by atoms with E-state index in [4.69, 9.17) is 24.8 Å². The summed E-state index contributed by atoms with van der Waals surface area (Å²) in [6.45, 7) is -4.63. The first kappa shape index (κ1) is 19.7. The number of ether oxygens (including phenoxy) is 1. The van der Waals surface area contributed by atoms with Crippen LogP contribution in [0.3, 0.4) is 0 Å². The quantitative estimate of drug-likeness (QED) is 0.367. The van der Waals surface area contributed by atoms with Gasteiger partial charge in [0.25, 0.3) is 0 Å². The Hall–Kier alpha value is -1.05. The number of nitrogens with zero attached hydrogens (tertiary/aromatic N) is 4. The van der Waals surface area contributed by atoms with E-state index in [0.29, 0.717) is 11.2 Å². The summed E-state index contributed by atoms with van der Waals surface area (Å²) in [4.78, 5) is 39.0. The van der Waals surface area contributed by atoms with Crippen molar-refractivity contribution < 1.29 is 37.9 Å².